The van der Waals surface area contributed by atoms with Crippen LogP contribution in [-0.4, -0.2) is 9.13 Å². The van der Waals surface area contributed by atoms with E-state index in [1.165, 1.54) is 122 Å². The standard InChI is InChI=1S/2C37H31N/c1-27-8-12-29(13-9-27)16-18-31-20-22-36-34(24-31)35-25-32(19-17-30-14-10-28(2)11-15-30)21-23-37(35)38(36)26-33-6-4-3-5-7-33;1-27-8-12-29(13-9-27)16-18-31-20-22-34-35-23-21-32(19-17-30-14-10-28(2)11-15-30)25-37(35)38(36(34)24-31)26-33-6-4-3-5-7-33/h2*3-25H,26H2,1-2H3/b2*18-16+,19-17+. The number of hydrogen-bond donors (Lipinski definition) is 0. The third kappa shape index (κ3) is 11.6. The largest absolute Gasteiger partial charge is 0.336 e. The fourth-order valence-corrected chi connectivity index (χ4v) is 10.0. The van der Waals surface area contributed by atoms with Crippen LogP contribution in [0.15, 0.2) is 231 Å². The molecular formula is C74H62N2. The van der Waals surface area contributed by atoms with Gasteiger partial charge in [0.1, 0.15) is 0 Å². The zero-order valence-electron chi connectivity index (χ0n) is 43.9. The first-order chi connectivity index (χ1) is 37.2. The second kappa shape index (κ2) is 22.5. The van der Waals surface area contributed by atoms with Gasteiger partial charge in [-0.2, -0.15) is 0 Å². The minimum absolute atomic E-state index is 0.830. The van der Waals surface area contributed by atoms with Crippen LogP contribution in [0.4, 0.5) is 0 Å². The average Bonchev–Trinajstić information content (AvgIpc) is 3.96. The molecule has 2 nitrogen and oxygen atoms in total. The zero-order valence-corrected chi connectivity index (χ0v) is 43.9. The molecule has 0 atom stereocenters. The van der Waals surface area contributed by atoms with Crippen molar-refractivity contribution in [3.8, 4) is 0 Å². The Bertz CT molecular complexity index is 3840. The van der Waals surface area contributed by atoms with Crippen molar-refractivity contribution in [2.45, 2.75) is 40.8 Å². The molecule has 0 saturated carbocycles. The number of benzene rings is 10. The van der Waals surface area contributed by atoms with Gasteiger partial charge in [0.2, 0.25) is 0 Å². The Labute approximate surface area is 448 Å². The quantitative estimate of drug-likeness (QED) is 0.108. The Morgan fingerprint density at radius 3 is 0.829 bits per heavy atom. The second-order valence-corrected chi connectivity index (χ2v) is 20.2. The molecular weight excluding hydrogens is 917 g/mol. The van der Waals surface area contributed by atoms with Gasteiger partial charge < -0.3 is 9.13 Å². The smallest absolute Gasteiger partial charge is 0.0500 e. The first-order valence-corrected chi connectivity index (χ1v) is 26.4. The Hall–Kier alpha value is -9.24. The maximum Gasteiger partial charge on any atom is 0.0500 e. The average molecular weight is 979 g/mol. The molecule has 0 unspecified atom stereocenters. The van der Waals surface area contributed by atoms with Crippen molar-refractivity contribution in [2.75, 3.05) is 0 Å². The van der Waals surface area contributed by atoms with Crippen molar-refractivity contribution in [1.82, 2.24) is 9.13 Å². The summed E-state index contributed by atoms with van der Waals surface area (Å²) in [4.78, 5) is 0. The summed E-state index contributed by atoms with van der Waals surface area (Å²) in [6.45, 7) is 10.2. The van der Waals surface area contributed by atoms with Crippen molar-refractivity contribution in [3.05, 3.63) is 308 Å². The van der Waals surface area contributed by atoms with Crippen LogP contribution in [0.2, 0.25) is 0 Å². The third-order valence-corrected chi connectivity index (χ3v) is 14.4. The van der Waals surface area contributed by atoms with Gasteiger partial charge in [-0.3, -0.25) is 0 Å². The lowest BCUT2D eigenvalue weighted by atomic mass is 10.0. The normalized spacial score (nSPS) is 11.8. The first-order valence-electron chi connectivity index (χ1n) is 26.4. The second-order valence-electron chi connectivity index (χ2n) is 20.2. The summed E-state index contributed by atoms with van der Waals surface area (Å²) in [6.07, 6.45) is 17.6. The molecule has 12 rings (SSSR count). The molecule has 2 aromatic heterocycles. The van der Waals surface area contributed by atoms with Gasteiger partial charge in [0.25, 0.3) is 0 Å². The van der Waals surface area contributed by atoms with Crippen molar-refractivity contribution < 1.29 is 0 Å². The Balaban J connectivity index is 0.000000162. The van der Waals surface area contributed by atoms with Gasteiger partial charge in [0, 0.05) is 45.7 Å². The third-order valence-electron chi connectivity index (χ3n) is 14.4. The van der Waals surface area contributed by atoms with E-state index in [4.69, 9.17) is 0 Å². The molecule has 76 heavy (non-hydrogen) atoms. The number of fused-ring (bicyclic) bond motifs is 6. The highest BCUT2D eigenvalue weighted by molar-refractivity contribution is 6.10. The van der Waals surface area contributed by atoms with Crippen molar-refractivity contribution >= 4 is 92.2 Å². The van der Waals surface area contributed by atoms with Gasteiger partial charge in [-0.15, -0.1) is 0 Å². The van der Waals surface area contributed by atoms with Crippen LogP contribution in [0.5, 0.6) is 0 Å². The topological polar surface area (TPSA) is 9.86 Å². The number of rotatable bonds is 12. The van der Waals surface area contributed by atoms with E-state index in [0.717, 1.165) is 13.1 Å². The SMILES string of the molecule is Cc1ccc(/C=C/c2ccc3c(c2)c2cc(/C=C/c4ccc(C)cc4)ccc2n3Cc2ccccc2)cc1.Cc1ccc(/C=C/c2ccc3c4ccc(/C=C/c5ccc(C)cc5)cc4n(Cc4ccccc4)c3c2)cc1. The van der Waals surface area contributed by atoms with E-state index in [9.17, 15) is 0 Å². The maximum atomic E-state index is 2.46. The van der Waals surface area contributed by atoms with Crippen molar-refractivity contribution in [1.29, 1.82) is 0 Å². The van der Waals surface area contributed by atoms with Crippen LogP contribution < -0.4 is 0 Å². The van der Waals surface area contributed by atoms with Gasteiger partial charge >= 0.3 is 0 Å². The summed E-state index contributed by atoms with van der Waals surface area (Å²) in [5.41, 5.74) is 22.4. The van der Waals surface area contributed by atoms with Gasteiger partial charge in [-0.25, -0.2) is 0 Å². The highest BCUT2D eigenvalue weighted by Gasteiger charge is 2.14. The molecule has 0 N–H and O–H groups in total. The molecule has 2 heteroatoms. The van der Waals surface area contributed by atoms with Gasteiger partial charge in [0.05, 0.1) is 11.0 Å². The highest BCUT2D eigenvalue weighted by Crippen LogP contribution is 2.34. The molecule has 0 radical (unpaired) electrons. The molecule has 0 aliphatic carbocycles. The Morgan fingerprint density at radius 2 is 0.500 bits per heavy atom. The molecule has 0 bridgehead atoms. The summed E-state index contributed by atoms with van der Waals surface area (Å²) < 4.78 is 4.91. The molecule has 10 aromatic carbocycles. The fourth-order valence-electron chi connectivity index (χ4n) is 10.0. The minimum atomic E-state index is 0.830. The van der Waals surface area contributed by atoms with E-state index in [1.807, 2.05) is 0 Å². The predicted octanol–water partition coefficient (Wildman–Crippen LogP) is 19.6. The van der Waals surface area contributed by atoms with Crippen LogP contribution in [0, 0.1) is 27.7 Å². The lowest BCUT2D eigenvalue weighted by Crippen LogP contribution is -1.99. The monoisotopic (exact) mass is 978 g/mol. The summed E-state index contributed by atoms with van der Waals surface area (Å²) in [5.74, 6) is 0. The molecule has 0 aliphatic rings. The van der Waals surface area contributed by atoms with Crippen LogP contribution in [-0.2, 0) is 13.1 Å². The fraction of sp³-hybridized carbons (Fsp3) is 0.0811. The minimum Gasteiger partial charge on any atom is -0.336 e. The molecule has 0 aliphatic heterocycles. The van der Waals surface area contributed by atoms with Gasteiger partial charge in [-0.05, 0) is 120 Å². The van der Waals surface area contributed by atoms with Gasteiger partial charge in [0.15, 0.2) is 0 Å². The maximum absolute atomic E-state index is 2.46. The van der Waals surface area contributed by atoms with Crippen LogP contribution in [0.1, 0.15) is 77.9 Å². The Morgan fingerprint density at radius 1 is 0.237 bits per heavy atom. The predicted molar refractivity (Wildman–Crippen MR) is 330 cm³/mol. The van der Waals surface area contributed by atoms with E-state index in [0.29, 0.717) is 0 Å². The summed E-state index contributed by atoms with van der Waals surface area (Å²) in [5, 5.41) is 5.15. The lowest BCUT2D eigenvalue weighted by Gasteiger charge is -2.09. The lowest BCUT2D eigenvalue weighted by molar-refractivity contribution is 0.869. The molecule has 368 valence electrons. The van der Waals surface area contributed by atoms with E-state index < -0.39 is 0 Å². The van der Waals surface area contributed by atoms with Crippen molar-refractivity contribution in [3.63, 3.8) is 0 Å². The van der Waals surface area contributed by atoms with Crippen LogP contribution in [0.3, 0.4) is 0 Å². The van der Waals surface area contributed by atoms with Crippen molar-refractivity contribution in [2.24, 2.45) is 0 Å². The van der Waals surface area contributed by atoms with E-state index in [-0.39, 0.29) is 0 Å². The molecule has 0 amide bonds. The molecule has 0 spiro atoms. The number of aryl methyl sites for hydroxylation is 4. The summed E-state index contributed by atoms with van der Waals surface area (Å²) in [6, 6.07) is 83.4. The number of hydrogen-bond acceptors (Lipinski definition) is 0. The first kappa shape index (κ1) is 49.0. The molecule has 0 saturated heterocycles. The zero-order chi connectivity index (χ0) is 51.8. The molecule has 2 heterocycles. The van der Waals surface area contributed by atoms with E-state index >= 15 is 0 Å². The molecule has 12 aromatic rings. The van der Waals surface area contributed by atoms with E-state index in [1.54, 1.807) is 0 Å². The van der Waals surface area contributed by atoms with Crippen LogP contribution in [0.25, 0.3) is 92.2 Å². The summed E-state index contributed by atoms with van der Waals surface area (Å²) in [7, 11) is 0. The number of nitrogens with zero attached hydrogens (tertiary/aromatic N) is 2. The van der Waals surface area contributed by atoms with Gasteiger partial charge in [-0.1, -0.05) is 265 Å². The van der Waals surface area contributed by atoms with Crippen LogP contribution >= 0.6 is 0 Å². The Kier molecular flexibility index (Phi) is 14.5. The molecule has 0 fully saturated rings. The summed E-state index contributed by atoms with van der Waals surface area (Å²) >= 11 is 0. The van der Waals surface area contributed by atoms with E-state index in [2.05, 4.69) is 316 Å². The highest BCUT2D eigenvalue weighted by atomic mass is 15.0. The number of aromatic nitrogens is 2.